The quantitative estimate of drug-likeness (QED) is 0.431. The van der Waals surface area contributed by atoms with Crippen LogP contribution in [0.4, 0.5) is 5.69 Å². The van der Waals surface area contributed by atoms with E-state index in [2.05, 4.69) is 13.2 Å². The van der Waals surface area contributed by atoms with Crippen molar-refractivity contribution in [3.8, 4) is 0 Å². The van der Waals surface area contributed by atoms with E-state index in [0.29, 0.717) is 0 Å². The van der Waals surface area contributed by atoms with Gasteiger partial charge in [-0.05, 0) is 24.6 Å². The van der Waals surface area contributed by atoms with Crippen LogP contribution in [0.3, 0.4) is 0 Å². The van der Waals surface area contributed by atoms with Gasteiger partial charge in [0.05, 0.1) is 0 Å². The first-order valence-electron chi connectivity index (χ1n) is 3.11. The molecule has 0 amide bonds. The van der Waals surface area contributed by atoms with Crippen molar-refractivity contribution in [2.75, 3.05) is 5.73 Å². The fourth-order valence-electron chi connectivity index (χ4n) is 0.670. The maximum atomic E-state index is 5.46. The molecule has 0 fully saturated rings. The highest BCUT2D eigenvalue weighted by molar-refractivity contribution is 5.39. The van der Waals surface area contributed by atoms with E-state index in [0.717, 1.165) is 5.69 Å². The summed E-state index contributed by atoms with van der Waals surface area (Å²) >= 11 is 0. The first-order chi connectivity index (χ1) is 4.79. The number of aryl methyl sites for hydroxylation is 1. The second-order valence-electron chi connectivity index (χ2n) is 1.91. The van der Waals surface area contributed by atoms with Gasteiger partial charge in [0.25, 0.3) is 0 Å². The molecule has 1 nitrogen and oxygen atoms in total. The Bertz CT molecular complexity index is 181. The van der Waals surface area contributed by atoms with Crippen LogP contribution in [0.1, 0.15) is 6.99 Å². The van der Waals surface area contributed by atoms with Crippen LogP contribution in [0.5, 0.6) is 0 Å². The molecule has 2 N–H and O–H groups in total. The van der Waals surface area contributed by atoms with Gasteiger partial charge in [-0.2, -0.15) is 0 Å². The van der Waals surface area contributed by atoms with Crippen LogP contribution in [0, 0.1) is 6.92 Å². The van der Waals surface area contributed by atoms with E-state index in [4.69, 9.17) is 5.73 Å². The first kappa shape index (κ1) is 8.76. The number of anilines is 1. The van der Waals surface area contributed by atoms with Crippen LogP contribution >= 0.6 is 0 Å². The summed E-state index contributed by atoms with van der Waals surface area (Å²) in [6.45, 7) is 8.02. The normalized spacial score (nSPS) is 7.70. The van der Waals surface area contributed by atoms with Gasteiger partial charge in [-0.15, -0.1) is 13.2 Å². The van der Waals surface area contributed by atoms with E-state index in [1.54, 1.807) is 0 Å². The van der Waals surface area contributed by atoms with E-state index in [-0.39, 0.29) is 1.43 Å². The molecule has 1 aromatic rings. The molecule has 0 bridgehead atoms. The molecule has 0 radical (unpaired) electrons. The number of hydrogen-bond acceptors (Lipinski definition) is 1. The van der Waals surface area contributed by atoms with Gasteiger partial charge in [0, 0.05) is 7.11 Å². The first-order valence-corrected chi connectivity index (χ1v) is 3.11. The summed E-state index contributed by atoms with van der Waals surface area (Å²) in [5.74, 6) is 0. The van der Waals surface area contributed by atoms with Gasteiger partial charge in [-0.3, -0.25) is 0 Å². The van der Waals surface area contributed by atoms with Crippen molar-refractivity contribution in [1.29, 1.82) is 0 Å². The number of benzene rings is 1. The van der Waals surface area contributed by atoms with Gasteiger partial charge < -0.3 is 5.73 Å². The van der Waals surface area contributed by atoms with E-state index in [9.17, 15) is 0 Å². The summed E-state index contributed by atoms with van der Waals surface area (Å²) in [5, 5.41) is 0. The van der Waals surface area contributed by atoms with Crippen LogP contribution in [0.15, 0.2) is 37.4 Å². The predicted molar refractivity (Wildman–Crippen MR) is 49.0 cm³/mol. The minimum Gasteiger partial charge on any atom is -0.399 e. The molecule has 1 aromatic carbocycles. The topological polar surface area (TPSA) is 26.0 Å². The molecule has 56 valence electrons. The monoisotopic (exact) mass is 137 g/mol. The lowest BCUT2D eigenvalue weighted by atomic mass is 10.2. The Morgan fingerprint density at radius 3 is 2.30 bits per heavy atom. The molecule has 10 heavy (non-hydrogen) atoms. The van der Waals surface area contributed by atoms with Gasteiger partial charge >= 0.3 is 0 Å². The SMILES string of the molecule is C=C.Cc1cccc(N)c1.[HH]. The molecule has 1 rings (SSSR count). The summed E-state index contributed by atoms with van der Waals surface area (Å²) in [7, 11) is 0. The molecule has 0 aliphatic heterocycles. The average Bonchev–Trinajstić information content (AvgIpc) is 1.91. The minimum atomic E-state index is 0. The Morgan fingerprint density at radius 1 is 1.40 bits per heavy atom. The van der Waals surface area contributed by atoms with Gasteiger partial charge in [0.1, 0.15) is 0 Å². The molecule has 0 aliphatic rings. The summed E-state index contributed by atoms with van der Waals surface area (Å²) in [6.07, 6.45) is 0. The van der Waals surface area contributed by atoms with Crippen molar-refractivity contribution in [2.24, 2.45) is 0 Å². The van der Waals surface area contributed by atoms with E-state index in [1.807, 2.05) is 31.2 Å². The fraction of sp³-hybridized carbons (Fsp3) is 0.111. The molecule has 0 saturated carbocycles. The lowest BCUT2D eigenvalue weighted by Gasteiger charge is -1.91. The van der Waals surface area contributed by atoms with Gasteiger partial charge in [-0.25, -0.2) is 0 Å². The Labute approximate surface area is 63.7 Å². The zero-order valence-electron chi connectivity index (χ0n) is 6.30. The largest absolute Gasteiger partial charge is 0.399 e. The van der Waals surface area contributed by atoms with E-state index < -0.39 is 0 Å². The maximum Gasteiger partial charge on any atom is 0.0316 e. The molecule has 0 atom stereocenters. The molecule has 0 aliphatic carbocycles. The number of rotatable bonds is 0. The number of nitrogen functional groups attached to an aromatic ring is 1. The lowest BCUT2D eigenvalue weighted by molar-refractivity contribution is 1.47. The van der Waals surface area contributed by atoms with E-state index in [1.165, 1.54) is 5.56 Å². The fourth-order valence-corrected chi connectivity index (χ4v) is 0.670. The van der Waals surface area contributed by atoms with Crippen molar-refractivity contribution >= 4 is 5.69 Å². The van der Waals surface area contributed by atoms with Crippen molar-refractivity contribution < 1.29 is 1.43 Å². The van der Waals surface area contributed by atoms with Crippen LogP contribution in [-0.4, -0.2) is 0 Å². The van der Waals surface area contributed by atoms with Gasteiger partial charge in [0.15, 0.2) is 0 Å². The Kier molecular flexibility index (Phi) is 4.05. The third-order valence-electron chi connectivity index (χ3n) is 1.04. The standard InChI is InChI=1S/C7H9N.C2H4.H2/c1-6-3-2-4-7(8)5-6;1-2;/h2-5H,8H2,1H3;1-2H2;1H. The zero-order valence-corrected chi connectivity index (χ0v) is 6.30. The predicted octanol–water partition coefficient (Wildman–Crippen LogP) is 2.63. The van der Waals surface area contributed by atoms with Crippen molar-refractivity contribution in [3.05, 3.63) is 43.0 Å². The van der Waals surface area contributed by atoms with Crippen LogP contribution < -0.4 is 5.73 Å². The average molecular weight is 137 g/mol. The van der Waals surface area contributed by atoms with Gasteiger partial charge in [-0.1, -0.05) is 12.1 Å². The molecular formula is C9H15N. The Balaban J connectivity index is 0. The highest BCUT2D eigenvalue weighted by atomic mass is 14.5. The van der Waals surface area contributed by atoms with Crippen LogP contribution in [0.2, 0.25) is 0 Å². The molecular weight excluding hydrogens is 122 g/mol. The summed E-state index contributed by atoms with van der Waals surface area (Å²) in [6, 6.07) is 7.80. The Hall–Kier alpha value is -1.24. The lowest BCUT2D eigenvalue weighted by Crippen LogP contribution is -1.82. The number of nitrogens with two attached hydrogens (primary N) is 1. The van der Waals surface area contributed by atoms with Crippen molar-refractivity contribution in [3.63, 3.8) is 0 Å². The summed E-state index contributed by atoms with van der Waals surface area (Å²) in [4.78, 5) is 0. The van der Waals surface area contributed by atoms with Crippen molar-refractivity contribution in [1.82, 2.24) is 0 Å². The number of hydrogen-bond donors (Lipinski definition) is 1. The molecule has 1 heteroatoms. The highest BCUT2D eigenvalue weighted by Crippen LogP contribution is 2.03. The zero-order chi connectivity index (χ0) is 7.98. The van der Waals surface area contributed by atoms with Crippen LogP contribution in [-0.2, 0) is 0 Å². The molecule has 0 saturated heterocycles. The Morgan fingerprint density at radius 2 is 2.00 bits per heavy atom. The highest BCUT2D eigenvalue weighted by Gasteiger charge is 1.81. The second kappa shape index (κ2) is 4.62. The molecule has 0 aromatic heterocycles. The molecule has 0 spiro atoms. The third kappa shape index (κ3) is 2.92. The van der Waals surface area contributed by atoms with E-state index >= 15 is 0 Å². The molecule has 0 heterocycles. The third-order valence-corrected chi connectivity index (χ3v) is 1.04. The summed E-state index contributed by atoms with van der Waals surface area (Å²) < 4.78 is 0. The smallest absolute Gasteiger partial charge is 0.0316 e. The van der Waals surface area contributed by atoms with Crippen LogP contribution in [0.25, 0.3) is 0 Å². The van der Waals surface area contributed by atoms with Gasteiger partial charge in [0.2, 0.25) is 0 Å². The summed E-state index contributed by atoms with van der Waals surface area (Å²) in [5.41, 5.74) is 7.51. The maximum absolute atomic E-state index is 5.46. The molecule has 0 unspecified atom stereocenters. The van der Waals surface area contributed by atoms with Crippen molar-refractivity contribution in [2.45, 2.75) is 6.92 Å². The second-order valence-corrected chi connectivity index (χ2v) is 1.91. The minimum absolute atomic E-state index is 0.